The average molecular weight is 234 g/mol. The first-order valence-electron chi connectivity index (χ1n) is 5.77. The fourth-order valence-electron chi connectivity index (χ4n) is 1.74. The summed E-state index contributed by atoms with van der Waals surface area (Å²) in [7, 11) is 0. The van der Waals surface area contributed by atoms with Gasteiger partial charge in [0.2, 0.25) is 0 Å². The number of aromatic amines is 1. The fraction of sp³-hybridized carbons (Fsp3) is 0.455. The molecule has 0 unspecified atom stereocenters. The summed E-state index contributed by atoms with van der Waals surface area (Å²) in [6.45, 7) is 5.55. The van der Waals surface area contributed by atoms with Crippen LogP contribution in [0.25, 0.3) is 0 Å². The van der Waals surface area contributed by atoms with Crippen LogP contribution >= 0.6 is 0 Å². The number of imidazole rings is 1. The maximum Gasteiger partial charge on any atom is 0.148 e. The Bertz CT molecular complexity index is 470. The Hall–Kier alpha value is -1.98. The highest BCUT2D eigenvalue weighted by Gasteiger charge is 2.10. The summed E-state index contributed by atoms with van der Waals surface area (Å²) in [4.78, 5) is 7.24. The minimum absolute atomic E-state index is 0.728. The molecule has 0 aliphatic heterocycles. The normalized spacial score (nSPS) is 10.7. The van der Waals surface area contributed by atoms with E-state index >= 15 is 0 Å². The number of rotatable bonds is 5. The molecule has 0 atom stereocenters. The molecule has 0 saturated heterocycles. The van der Waals surface area contributed by atoms with E-state index < -0.39 is 0 Å². The summed E-state index contributed by atoms with van der Waals surface area (Å²) in [5.74, 6) is 1.87. The van der Waals surface area contributed by atoms with Gasteiger partial charge in [-0.15, -0.1) is 0 Å². The van der Waals surface area contributed by atoms with Crippen molar-refractivity contribution in [2.45, 2.75) is 26.8 Å². The summed E-state index contributed by atoms with van der Waals surface area (Å²) < 4.78 is 1.88. The lowest BCUT2D eigenvalue weighted by atomic mass is 10.3. The SMILES string of the molecule is CCn1nc(C)c(N)c1NCCc1ncc[nH]1. The molecule has 0 aliphatic carbocycles. The van der Waals surface area contributed by atoms with Crippen LogP contribution in [0.4, 0.5) is 11.5 Å². The lowest BCUT2D eigenvalue weighted by Gasteiger charge is -2.08. The molecule has 17 heavy (non-hydrogen) atoms. The molecule has 0 radical (unpaired) electrons. The predicted octanol–water partition coefficient (Wildman–Crippen LogP) is 1.17. The van der Waals surface area contributed by atoms with Crippen LogP contribution in [0.2, 0.25) is 0 Å². The Labute approximate surface area is 100 Å². The summed E-state index contributed by atoms with van der Waals surface area (Å²) in [5, 5.41) is 7.66. The van der Waals surface area contributed by atoms with Gasteiger partial charge in [0.1, 0.15) is 11.6 Å². The van der Waals surface area contributed by atoms with Gasteiger partial charge in [0.15, 0.2) is 0 Å². The molecule has 2 aromatic rings. The van der Waals surface area contributed by atoms with Crippen LogP contribution in [0.3, 0.4) is 0 Å². The second-order valence-corrected chi connectivity index (χ2v) is 3.88. The molecule has 0 fully saturated rings. The summed E-state index contributed by atoms with van der Waals surface area (Å²) in [6.07, 6.45) is 4.41. The van der Waals surface area contributed by atoms with Crippen molar-refractivity contribution in [1.82, 2.24) is 19.7 Å². The van der Waals surface area contributed by atoms with Crippen molar-refractivity contribution in [1.29, 1.82) is 0 Å². The first kappa shape index (κ1) is 11.5. The van der Waals surface area contributed by atoms with E-state index in [9.17, 15) is 0 Å². The smallest absolute Gasteiger partial charge is 0.148 e. The number of nitrogens with zero attached hydrogens (tertiary/aromatic N) is 3. The highest BCUT2D eigenvalue weighted by molar-refractivity contribution is 5.64. The number of H-pyrrole nitrogens is 1. The van der Waals surface area contributed by atoms with E-state index in [-0.39, 0.29) is 0 Å². The minimum Gasteiger partial charge on any atom is -0.394 e. The highest BCUT2D eigenvalue weighted by Crippen LogP contribution is 2.21. The number of nitrogens with two attached hydrogens (primary N) is 1. The Kier molecular flexibility index (Phi) is 3.32. The van der Waals surface area contributed by atoms with Crippen LogP contribution in [-0.2, 0) is 13.0 Å². The number of nitrogen functional groups attached to an aromatic ring is 1. The first-order valence-corrected chi connectivity index (χ1v) is 5.77. The maximum absolute atomic E-state index is 5.97. The molecule has 2 rings (SSSR count). The molecule has 6 nitrogen and oxygen atoms in total. The molecular formula is C11H18N6. The Morgan fingerprint density at radius 1 is 1.53 bits per heavy atom. The average Bonchev–Trinajstić information content (AvgIpc) is 2.92. The van der Waals surface area contributed by atoms with E-state index in [4.69, 9.17) is 5.73 Å². The molecule has 6 heteroatoms. The maximum atomic E-state index is 5.97. The van der Waals surface area contributed by atoms with Crippen LogP contribution in [0.1, 0.15) is 18.4 Å². The van der Waals surface area contributed by atoms with Gasteiger partial charge in [-0.3, -0.25) is 0 Å². The van der Waals surface area contributed by atoms with Crippen LogP contribution in [0.15, 0.2) is 12.4 Å². The Morgan fingerprint density at radius 2 is 2.35 bits per heavy atom. The van der Waals surface area contributed by atoms with Crippen molar-refractivity contribution in [2.24, 2.45) is 0 Å². The third-order valence-electron chi connectivity index (χ3n) is 2.68. The van der Waals surface area contributed by atoms with E-state index in [1.165, 1.54) is 0 Å². The van der Waals surface area contributed by atoms with E-state index in [0.29, 0.717) is 0 Å². The van der Waals surface area contributed by atoms with E-state index in [1.54, 1.807) is 6.20 Å². The van der Waals surface area contributed by atoms with Crippen molar-refractivity contribution in [3.05, 3.63) is 23.9 Å². The van der Waals surface area contributed by atoms with Gasteiger partial charge in [-0.05, 0) is 13.8 Å². The number of nitrogens with one attached hydrogen (secondary N) is 2. The molecule has 4 N–H and O–H groups in total. The number of aryl methyl sites for hydroxylation is 2. The van der Waals surface area contributed by atoms with Crippen LogP contribution in [0, 0.1) is 6.92 Å². The van der Waals surface area contributed by atoms with Gasteiger partial charge in [0.25, 0.3) is 0 Å². The quantitative estimate of drug-likeness (QED) is 0.725. The second kappa shape index (κ2) is 4.90. The largest absolute Gasteiger partial charge is 0.394 e. The molecule has 0 aromatic carbocycles. The topological polar surface area (TPSA) is 84.6 Å². The fourth-order valence-corrected chi connectivity index (χ4v) is 1.74. The van der Waals surface area contributed by atoms with Gasteiger partial charge < -0.3 is 16.0 Å². The summed E-state index contributed by atoms with van der Waals surface area (Å²) in [6, 6.07) is 0. The molecule has 2 heterocycles. The lowest BCUT2D eigenvalue weighted by Crippen LogP contribution is -2.11. The van der Waals surface area contributed by atoms with E-state index in [0.717, 1.165) is 42.5 Å². The van der Waals surface area contributed by atoms with Gasteiger partial charge in [-0.1, -0.05) is 0 Å². The van der Waals surface area contributed by atoms with Crippen molar-refractivity contribution < 1.29 is 0 Å². The number of aromatic nitrogens is 4. The summed E-state index contributed by atoms with van der Waals surface area (Å²) in [5.41, 5.74) is 7.57. The molecule has 0 amide bonds. The monoisotopic (exact) mass is 234 g/mol. The third kappa shape index (κ3) is 2.41. The molecule has 92 valence electrons. The van der Waals surface area contributed by atoms with Crippen LogP contribution < -0.4 is 11.1 Å². The molecule has 0 saturated carbocycles. The predicted molar refractivity (Wildman–Crippen MR) is 67.8 cm³/mol. The van der Waals surface area contributed by atoms with Crippen molar-refractivity contribution in [3.63, 3.8) is 0 Å². The van der Waals surface area contributed by atoms with E-state index in [1.807, 2.05) is 24.7 Å². The zero-order chi connectivity index (χ0) is 12.3. The van der Waals surface area contributed by atoms with Gasteiger partial charge in [0.05, 0.1) is 11.4 Å². The molecule has 0 spiro atoms. The zero-order valence-electron chi connectivity index (χ0n) is 10.2. The van der Waals surface area contributed by atoms with E-state index in [2.05, 4.69) is 20.4 Å². The van der Waals surface area contributed by atoms with Crippen molar-refractivity contribution >= 4 is 11.5 Å². The van der Waals surface area contributed by atoms with Gasteiger partial charge in [0, 0.05) is 31.9 Å². The van der Waals surface area contributed by atoms with Crippen molar-refractivity contribution in [3.8, 4) is 0 Å². The van der Waals surface area contributed by atoms with Gasteiger partial charge in [-0.2, -0.15) is 5.10 Å². The zero-order valence-corrected chi connectivity index (χ0v) is 10.2. The van der Waals surface area contributed by atoms with Crippen LogP contribution in [0.5, 0.6) is 0 Å². The van der Waals surface area contributed by atoms with Gasteiger partial charge in [-0.25, -0.2) is 9.67 Å². The second-order valence-electron chi connectivity index (χ2n) is 3.88. The van der Waals surface area contributed by atoms with Crippen molar-refractivity contribution in [2.75, 3.05) is 17.6 Å². The molecule has 2 aromatic heterocycles. The lowest BCUT2D eigenvalue weighted by molar-refractivity contribution is 0.657. The third-order valence-corrected chi connectivity index (χ3v) is 2.68. The Balaban J connectivity index is 1.98. The standard InChI is InChI=1S/C11H18N6/c1-3-17-11(10(12)8(2)16-17)15-5-4-9-13-6-7-14-9/h6-7,15H,3-5,12H2,1-2H3,(H,13,14). The number of hydrogen-bond acceptors (Lipinski definition) is 4. The molecule has 0 bridgehead atoms. The summed E-state index contributed by atoms with van der Waals surface area (Å²) >= 11 is 0. The van der Waals surface area contributed by atoms with Crippen LogP contribution in [-0.4, -0.2) is 26.3 Å². The number of hydrogen-bond donors (Lipinski definition) is 3. The van der Waals surface area contributed by atoms with Gasteiger partial charge >= 0.3 is 0 Å². The molecular weight excluding hydrogens is 216 g/mol. The number of anilines is 2. The first-order chi connectivity index (χ1) is 8.22. The molecule has 0 aliphatic rings. The Morgan fingerprint density at radius 3 is 3.00 bits per heavy atom. The highest BCUT2D eigenvalue weighted by atomic mass is 15.3. The minimum atomic E-state index is 0.728.